The van der Waals surface area contributed by atoms with Gasteiger partial charge in [-0.15, -0.1) is 5.10 Å². The highest BCUT2D eigenvalue weighted by molar-refractivity contribution is 6.31. The smallest absolute Gasteiger partial charge is 0.360 e. The van der Waals surface area contributed by atoms with E-state index in [1.54, 1.807) is 16.9 Å². The van der Waals surface area contributed by atoms with E-state index in [0.717, 1.165) is 25.7 Å². The number of methoxy groups -OCH3 is 1. The third-order valence-corrected chi connectivity index (χ3v) is 5.09. The Morgan fingerprint density at radius 1 is 1.33 bits per heavy atom. The van der Waals surface area contributed by atoms with Crippen LogP contribution >= 0.6 is 11.6 Å². The minimum atomic E-state index is -0.519. The number of carbonyl (C=O) groups is 2. The maximum atomic E-state index is 13.8. The number of carbonyl (C=O) groups excluding carboxylic acids is 2. The molecule has 0 radical (unpaired) electrons. The number of nitrogens with one attached hydrogen (secondary N) is 1. The summed E-state index contributed by atoms with van der Waals surface area (Å²) in [4.78, 5) is 23.7. The minimum absolute atomic E-state index is 0.0166. The van der Waals surface area contributed by atoms with E-state index in [1.165, 1.54) is 19.2 Å². The van der Waals surface area contributed by atoms with Crippen molar-refractivity contribution in [2.45, 2.75) is 44.2 Å². The van der Waals surface area contributed by atoms with Crippen molar-refractivity contribution >= 4 is 23.5 Å². The van der Waals surface area contributed by atoms with Gasteiger partial charge >= 0.3 is 5.97 Å². The van der Waals surface area contributed by atoms with Gasteiger partial charge in [0.25, 0.3) is 0 Å². The van der Waals surface area contributed by atoms with Crippen LogP contribution in [-0.4, -0.2) is 40.0 Å². The van der Waals surface area contributed by atoms with E-state index >= 15 is 0 Å². The van der Waals surface area contributed by atoms with E-state index in [1.807, 2.05) is 0 Å². The summed E-state index contributed by atoms with van der Waals surface area (Å²) in [7, 11) is 1.30. The number of hydrogen-bond donors (Lipinski definition) is 1. The van der Waals surface area contributed by atoms with Crippen molar-refractivity contribution in [3.63, 3.8) is 0 Å². The van der Waals surface area contributed by atoms with Gasteiger partial charge in [0, 0.05) is 16.6 Å². The highest BCUT2D eigenvalue weighted by Gasteiger charge is 2.25. The van der Waals surface area contributed by atoms with Crippen molar-refractivity contribution < 1.29 is 18.7 Å². The van der Waals surface area contributed by atoms with Gasteiger partial charge in [0.1, 0.15) is 5.82 Å². The minimum Gasteiger partial charge on any atom is -0.464 e. The topological polar surface area (TPSA) is 86.1 Å². The Morgan fingerprint density at radius 3 is 2.74 bits per heavy atom. The lowest BCUT2D eigenvalue weighted by Crippen LogP contribution is -2.39. The van der Waals surface area contributed by atoms with E-state index < -0.39 is 11.8 Å². The summed E-state index contributed by atoms with van der Waals surface area (Å²) in [5.74, 6) is -1.25. The fourth-order valence-corrected chi connectivity index (χ4v) is 3.51. The van der Waals surface area contributed by atoms with Gasteiger partial charge < -0.3 is 10.1 Å². The second kappa shape index (κ2) is 8.47. The second-order valence-electron chi connectivity index (χ2n) is 6.53. The number of benzene rings is 1. The molecule has 7 nitrogen and oxygen atoms in total. The van der Waals surface area contributed by atoms with Crippen LogP contribution in [0, 0.1) is 5.82 Å². The molecule has 1 aliphatic rings. The molecule has 0 spiro atoms. The molecule has 144 valence electrons. The molecule has 1 heterocycles. The average molecular weight is 395 g/mol. The predicted octanol–water partition coefficient (Wildman–Crippen LogP) is 2.70. The van der Waals surface area contributed by atoms with Crippen molar-refractivity contribution in [1.82, 2.24) is 20.3 Å². The summed E-state index contributed by atoms with van der Waals surface area (Å²) in [6.07, 6.45) is 4.58. The fourth-order valence-electron chi connectivity index (χ4n) is 3.28. The molecule has 9 heteroatoms. The largest absolute Gasteiger partial charge is 0.464 e. The molecule has 0 saturated heterocycles. The molecule has 2 aromatic rings. The summed E-state index contributed by atoms with van der Waals surface area (Å²) < 4.78 is 20.1. The van der Waals surface area contributed by atoms with Crippen LogP contribution in [0.1, 0.15) is 47.8 Å². The molecule has 1 amide bonds. The molecule has 1 N–H and O–H groups in total. The Hall–Kier alpha value is -2.48. The Morgan fingerprint density at radius 2 is 2.07 bits per heavy atom. The van der Waals surface area contributed by atoms with E-state index in [-0.39, 0.29) is 40.7 Å². The highest BCUT2D eigenvalue weighted by Crippen LogP contribution is 2.28. The van der Waals surface area contributed by atoms with Crippen LogP contribution in [0.3, 0.4) is 0 Å². The summed E-state index contributed by atoms with van der Waals surface area (Å²) in [6.45, 7) is 0. The highest BCUT2D eigenvalue weighted by atomic mass is 35.5. The monoisotopic (exact) mass is 394 g/mol. The predicted molar refractivity (Wildman–Crippen MR) is 95.9 cm³/mol. The molecule has 0 aliphatic heterocycles. The lowest BCUT2D eigenvalue weighted by atomic mass is 9.91. The molecule has 1 saturated carbocycles. The van der Waals surface area contributed by atoms with Crippen LogP contribution in [0.15, 0.2) is 24.4 Å². The molecule has 0 atom stereocenters. The van der Waals surface area contributed by atoms with Gasteiger partial charge in [-0.3, -0.25) is 4.79 Å². The van der Waals surface area contributed by atoms with E-state index in [0.29, 0.717) is 0 Å². The second-order valence-corrected chi connectivity index (χ2v) is 6.93. The molecule has 3 rings (SSSR count). The molecule has 0 unspecified atom stereocenters. The van der Waals surface area contributed by atoms with E-state index in [4.69, 9.17) is 11.6 Å². The number of aromatic nitrogens is 3. The van der Waals surface area contributed by atoms with Crippen molar-refractivity contribution in [3.8, 4) is 0 Å². The van der Waals surface area contributed by atoms with Gasteiger partial charge in [0.15, 0.2) is 5.69 Å². The molecular weight excluding hydrogens is 375 g/mol. The normalized spacial score (nSPS) is 19.5. The Labute approximate surface area is 160 Å². The number of hydrogen-bond acceptors (Lipinski definition) is 5. The Kier molecular flexibility index (Phi) is 6.05. The molecule has 1 fully saturated rings. The quantitative estimate of drug-likeness (QED) is 0.788. The first-order valence-corrected chi connectivity index (χ1v) is 9.08. The van der Waals surface area contributed by atoms with Gasteiger partial charge in [-0.1, -0.05) is 22.9 Å². The molecule has 27 heavy (non-hydrogen) atoms. The first-order valence-electron chi connectivity index (χ1n) is 8.70. The van der Waals surface area contributed by atoms with Crippen molar-refractivity contribution in [2.75, 3.05) is 7.11 Å². The number of halogens is 2. The van der Waals surface area contributed by atoms with E-state index in [2.05, 4.69) is 20.4 Å². The van der Waals surface area contributed by atoms with Gasteiger partial charge in [-0.2, -0.15) is 0 Å². The Balaban J connectivity index is 1.51. The van der Waals surface area contributed by atoms with Crippen molar-refractivity contribution in [1.29, 1.82) is 0 Å². The molecule has 1 aliphatic carbocycles. The lowest BCUT2D eigenvalue weighted by molar-refractivity contribution is -0.121. The zero-order chi connectivity index (χ0) is 19.4. The van der Waals surface area contributed by atoms with Crippen LogP contribution < -0.4 is 5.32 Å². The van der Waals surface area contributed by atoms with Gasteiger partial charge in [-0.05, 0) is 37.8 Å². The first kappa shape index (κ1) is 19.3. The molecule has 1 aromatic heterocycles. The first-order chi connectivity index (χ1) is 13.0. The van der Waals surface area contributed by atoms with Gasteiger partial charge in [0.2, 0.25) is 5.91 Å². The molecule has 0 bridgehead atoms. The van der Waals surface area contributed by atoms with Crippen molar-refractivity contribution in [2.24, 2.45) is 0 Å². The molecule has 1 aromatic carbocycles. The molecular formula is C18H20ClFN4O3. The number of esters is 1. The number of rotatable bonds is 5. The fraction of sp³-hybridized carbons (Fsp3) is 0.444. The lowest BCUT2D eigenvalue weighted by Gasteiger charge is -2.29. The third-order valence-electron chi connectivity index (χ3n) is 4.74. The van der Waals surface area contributed by atoms with E-state index in [9.17, 15) is 14.0 Å². The van der Waals surface area contributed by atoms with Crippen LogP contribution in [0.4, 0.5) is 4.39 Å². The summed E-state index contributed by atoms with van der Waals surface area (Å²) in [5.41, 5.74) is 0.387. The van der Waals surface area contributed by atoms with Crippen LogP contribution in [0.25, 0.3) is 0 Å². The summed E-state index contributed by atoms with van der Waals surface area (Å²) >= 11 is 5.97. The number of nitrogens with zero attached hydrogens (tertiary/aromatic N) is 3. The van der Waals surface area contributed by atoms with Crippen LogP contribution in [0.5, 0.6) is 0 Å². The van der Waals surface area contributed by atoms with Gasteiger partial charge in [0.05, 0.1) is 25.8 Å². The Bertz CT molecular complexity index is 814. The van der Waals surface area contributed by atoms with Gasteiger partial charge in [-0.25, -0.2) is 13.9 Å². The SMILES string of the molecule is COC(=O)c1cn([C@H]2CC[C@@H](NC(=O)Cc3c(F)cccc3Cl)CC2)nn1. The third kappa shape index (κ3) is 4.63. The van der Waals surface area contributed by atoms with Crippen molar-refractivity contribution in [3.05, 3.63) is 46.5 Å². The summed E-state index contributed by atoms with van der Waals surface area (Å²) in [5, 5.41) is 11.0. The number of ether oxygens (including phenoxy) is 1. The number of amides is 1. The van der Waals surface area contributed by atoms with Crippen LogP contribution in [0.2, 0.25) is 5.02 Å². The summed E-state index contributed by atoms with van der Waals surface area (Å²) in [6, 6.07) is 4.50. The zero-order valence-electron chi connectivity index (χ0n) is 14.8. The standard InChI is InChI=1S/C18H20ClFN4O3/c1-27-18(26)16-10-24(23-22-16)12-7-5-11(6-8-12)21-17(25)9-13-14(19)3-2-4-15(13)20/h2-4,10-12H,5-9H2,1H3,(H,21,25)/t11-,12+. The van der Waals surface area contributed by atoms with Crippen LogP contribution in [-0.2, 0) is 16.0 Å². The zero-order valence-corrected chi connectivity index (χ0v) is 15.6. The maximum Gasteiger partial charge on any atom is 0.360 e. The maximum absolute atomic E-state index is 13.8. The average Bonchev–Trinajstić information content (AvgIpc) is 3.15.